The van der Waals surface area contributed by atoms with Gasteiger partial charge >= 0.3 is 6.03 Å². The van der Waals surface area contributed by atoms with Crippen molar-refractivity contribution in [3.8, 4) is 0 Å². The molecule has 1 unspecified atom stereocenters. The number of nitrogens with zero attached hydrogens (tertiary/aromatic N) is 2. The van der Waals surface area contributed by atoms with E-state index in [1.54, 1.807) is 0 Å². The van der Waals surface area contributed by atoms with Gasteiger partial charge in [0.25, 0.3) is 0 Å². The summed E-state index contributed by atoms with van der Waals surface area (Å²) in [5.41, 5.74) is 0. The zero-order valence-corrected chi connectivity index (χ0v) is 10.9. The van der Waals surface area contributed by atoms with Gasteiger partial charge in [0.15, 0.2) is 0 Å². The fourth-order valence-electron chi connectivity index (χ4n) is 3.26. The molecule has 2 amide bonds. The van der Waals surface area contributed by atoms with Crippen LogP contribution in [0, 0.1) is 0 Å². The predicted molar refractivity (Wildman–Crippen MR) is 68.5 cm³/mol. The van der Waals surface area contributed by atoms with Gasteiger partial charge in [-0.3, -0.25) is 0 Å². The van der Waals surface area contributed by atoms with Gasteiger partial charge in [-0.2, -0.15) is 0 Å². The molecule has 3 fully saturated rings. The molecule has 0 aromatic carbocycles. The van der Waals surface area contributed by atoms with E-state index < -0.39 is 0 Å². The Bertz CT molecular complexity index is 299. The summed E-state index contributed by atoms with van der Waals surface area (Å²) in [6.07, 6.45) is 4.72. The standard InChI is InChI=1S/C13H23N3O2/c17-13-15(10-12-2-1-9-18-12)7-8-16(13)11-3-5-14-6-4-11/h11-12,14H,1-10H2. The van der Waals surface area contributed by atoms with E-state index in [0.29, 0.717) is 6.04 Å². The molecular weight excluding hydrogens is 230 g/mol. The molecule has 0 aromatic rings. The molecule has 0 bridgehead atoms. The highest BCUT2D eigenvalue weighted by molar-refractivity contribution is 5.77. The van der Waals surface area contributed by atoms with Crippen LogP contribution in [0.3, 0.4) is 0 Å². The normalized spacial score (nSPS) is 30.4. The van der Waals surface area contributed by atoms with Crippen molar-refractivity contribution >= 4 is 6.03 Å². The van der Waals surface area contributed by atoms with Crippen LogP contribution in [0.4, 0.5) is 4.79 Å². The number of hydrogen-bond acceptors (Lipinski definition) is 3. The largest absolute Gasteiger partial charge is 0.376 e. The van der Waals surface area contributed by atoms with Gasteiger partial charge in [0.1, 0.15) is 0 Å². The third kappa shape index (κ3) is 2.47. The van der Waals surface area contributed by atoms with Gasteiger partial charge in [0.05, 0.1) is 6.10 Å². The lowest BCUT2D eigenvalue weighted by atomic mass is 10.1. The Morgan fingerprint density at radius 3 is 2.78 bits per heavy atom. The first-order chi connectivity index (χ1) is 8.84. The number of ether oxygens (including phenoxy) is 1. The molecule has 3 saturated heterocycles. The van der Waals surface area contributed by atoms with Gasteiger partial charge in [-0.15, -0.1) is 0 Å². The smallest absolute Gasteiger partial charge is 0.320 e. The molecule has 3 aliphatic rings. The molecular formula is C13H23N3O2. The molecule has 0 aliphatic carbocycles. The van der Waals surface area contributed by atoms with Crippen molar-refractivity contribution in [3.63, 3.8) is 0 Å². The minimum atomic E-state index is 0.234. The second kappa shape index (κ2) is 5.45. The molecule has 1 N–H and O–H groups in total. The first-order valence-electron chi connectivity index (χ1n) is 7.22. The van der Waals surface area contributed by atoms with Crippen LogP contribution in [0.5, 0.6) is 0 Å². The van der Waals surface area contributed by atoms with Crippen molar-refractivity contribution < 1.29 is 9.53 Å². The number of piperidine rings is 1. The average molecular weight is 253 g/mol. The fraction of sp³-hybridized carbons (Fsp3) is 0.923. The van der Waals surface area contributed by atoms with E-state index in [4.69, 9.17) is 4.74 Å². The molecule has 0 aromatic heterocycles. The first kappa shape index (κ1) is 12.2. The third-order valence-electron chi connectivity index (χ3n) is 4.32. The molecule has 3 rings (SSSR count). The number of rotatable bonds is 3. The van der Waals surface area contributed by atoms with Crippen LogP contribution in [-0.2, 0) is 4.74 Å². The SMILES string of the molecule is O=C1N(CC2CCCO2)CCN1C1CCNCC1. The molecule has 0 radical (unpaired) electrons. The van der Waals surface area contributed by atoms with Crippen LogP contribution in [-0.4, -0.2) is 67.3 Å². The lowest BCUT2D eigenvalue weighted by Crippen LogP contribution is -2.45. The van der Waals surface area contributed by atoms with Gasteiger partial charge in [0.2, 0.25) is 0 Å². The quantitative estimate of drug-likeness (QED) is 0.803. The van der Waals surface area contributed by atoms with Crippen molar-refractivity contribution in [2.45, 2.75) is 37.8 Å². The molecule has 5 nitrogen and oxygen atoms in total. The van der Waals surface area contributed by atoms with Crippen LogP contribution in [0.2, 0.25) is 0 Å². The Morgan fingerprint density at radius 1 is 1.22 bits per heavy atom. The molecule has 102 valence electrons. The summed E-state index contributed by atoms with van der Waals surface area (Å²) in [6.45, 7) is 5.52. The first-order valence-corrected chi connectivity index (χ1v) is 7.22. The molecule has 3 aliphatic heterocycles. The Morgan fingerprint density at radius 2 is 2.06 bits per heavy atom. The topological polar surface area (TPSA) is 44.8 Å². The van der Waals surface area contributed by atoms with E-state index in [1.165, 1.54) is 0 Å². The Balaban J connectivity index is 1.54. The summed E-state index contributed by atoms with van der Waals surface area (Å²) in [7, 11) is 0. The van der Waals surface area contributed by atoms with E-state index in [-0.39, 0.29) is 12.1 Å². The minimum Gasteiger partial charge on any atom is -0.376 e. The van der Waals surface area contributed by atoms with Gasteiger partial charge in [-0.25, -0.2) is 4.79 Å². The number of hydrogen-bond donors (Lipinski definition) is 1. The van der Waals surface area contributed by atoms with Gasteiger partial charge in [-0.05, 0) is 38.8 Å². The zero-order valence-electron chi connectivity index (χ0n) is 10.9. The number of carbonyl (C=O) groups excluding carboxylic acids is 1. The molecule has 3 heterocycles. The Labute approximate surface area is 108 Å². The van der Waals surface area contributed by atoms with Crippen molar-refractivity contribution in [2.75, 3.05) is 39.3 Å². The molecule has 0 spiro atoms. The van der Waals surface area contributed by atoms with E-state index in [1.807, 2.05) is 4.90 Å². The summed E-state index contributed by atoms with van der Waals surface area (Å²) >= 11 is 0. The molecule has 5 heteroatoms. The third-order valence-corrected chi connectivity index (χ3v) is 4.32. The number of nitrogens with one attached hydrogen (secondary N) is 1. The zero-order chi connectivity index (χ0) is 12.4. The van der Waals surface area contributed by atoms with E-state index in [9.17, 15) is 4.79 Å². The highest BCUT2D eigenvalue weighted by atomic mass is 16.5. The van der Waals surface area contributed by atoms with Gasteiger partial charge < -0.3 is 19.9 Å². The van der Waals surface area contributed by atoms with Crippen molar-refractivity contribution in [1.82, 2.24) is 15.1 Å². The monoisotopic (exact) mass is 253 g/mol. The van der Waals surface area contributed by atoms with Crippen LogP contribution < -0.4 is 5.32 Å². The summed E-state index contributed by atoms with van der Waals surface area (Å²) in [5, 5.41) is 3.35. The predicted octanol–water partition coefficient (Wildman–Crippen LogP) is 0.655. The van der Waals surface area contributed by atoms with Crippen LogP contribution in [0.1, 0.15) is 25.7 Å². The lowest BCUT2D eigenvalue weighted by molar-refractivity contribution is 0.0844. The maximum absolute atomic E-state index is 12.4. The summed E-state index contributed by atoms with van der Waals surface area (Å²) in [4.78, 5) is 16.4. The fourth-order valence-corrected chi connectivity index (χ4v) is 3.26. The molecule has 18 heavy (non-hydrogen) atoms. The van der Waals surface area contributed by atoms with E-state index in [0.717, 1.165) is 65.0 Å². The maximum Gasteiger partial charge on any atom is 0.320 e. The van der Waals surface area contributed by atoms with Crippen LogP contribution >= 0.6 is 0 Å². The minimum absolute atomic E-state index is 0.234. The molecule has 1 atom stereocenters. The summed E-state index contributed by atoms with van der Waals surface area (Å²) < 4.78 is 5.62. The highest BCUT2D eigenvalue weighted by Crippen LogP contribution is 2.21. The number of amides is 2. The molecule has 0 saturated carbocycles. The van der Waals surface area contributed by atoms with Crippen LogP contribution in [0.15, 0.2) is 0 Å². The van der Waals surface area contributed by atoms with E-state index in [2.05, 4.69) is 10.2 Å². The van der Waals surface area contributed by atoms with Crippen LogP contribution in [0.25, 0.3) is 0 Å². The maximum atomic E-state index is 12.4. The second-order valence-corrected chi connectivity index (χ2v) is 5.54. The number of urea groups is 1. The Kier molecular flexibility index (Phi) is 3.70. The Hall–Kier alpha value is -0.810. The van der Waals surface area contributed by atoms with E-state index >= 15 is 0 Å². The van der Waals surface area contributed by atoms with Crippen molar-refractivity contribution in [2.24, 2.45) is 0 Å². The van der Waals surface area contributed by atoms with Gasteiger partial charge in [-0.1, -0.05) is 0 Å². The lowest BCUT2D eigenvalue weighted by Gasteiger charge is -2.31. The average Bonchev–Trinajstić information content (AvgIpc) is 3.03. The summed E-state index contributed by atoms with van der Waals surface area (Å²) in [6, 6.07) is 0.686. The second-order valence-electron chi connectivity index (χ2n) is 5.54. The highest BCUT2D eigenvalue weighted by Gasteiger charge is 2.35. The number of carbonyl (C=O) groups is 1. The van der Waals surface area contributed by atoms with Crippen molar-refractivity contribution in [3.05, 3.63) is 0 Å². The van der Waals surface area contributed by atoms with Crippen molar-refractivity contribution in [1.29, 1.82) is 0 Å². The van der Waals surface area contributed by atoms with Gasteiger partial charge in [0, 0.05) is 32.3 Å². The summed E-state index contributed by atoms with van der Waals surface area (Å²) in [5.74, 6) is 0.